The smallest absolute Gasteiger partial charge is 0.366 e. The van der Waals surface area contributed by atoms with E-state index in [2.05, 4.69) is 5.32 Å². The summed E-state index contributed by atoms with van der Waals surface area (Å²) in [5.74, 6) is -1.79. The van der Waals surface area contributed by atoms with Gasteiger partial charge in [0.05, 0.1) is 5.41 Å². The third-order valence-electron chi connectivity index (χ3n) is 7.30. The molecule has 1 aliphatic rings. The molecule has 5 nitrogen and oxygen atoms in total. The molecule has 0 aliphatic heterocycles. The minimum absolute atomic E-state index is 0.0452. The molecule has 0 spiro atoms. The van der Waals surface area contributed by atoms with E-state index in [0.29, 0.717) is 24.1 Å². The molecule has 35 heavy (non-hydrogen) atoms. The fraction of sp³-hybridized carbons (Fsp3) is 0.481. The van der Waals surface area contributed by atoms with E-state index in [0.717, 1.165) is 16.7 Å². The molecule has 8 heteroatoms. The molecule has 3 rings (SSSR count). The number of hydrogen-bond acceptors (Lipinski definition) is 3. The number of carbonyl (C=O) groups is 2. The van der Waals surface area contributed by atoms with Crippen LogP contribution in [0.25, 0.3) is 0 Å². The number of nitrogens with one attached hydrogen (secondary N) is 1. The summed E-state index contributed by atoms with van der Waals surface area (Å²) in [6.45, 7) is 4.12. The molecule has 190 valence electrons. The van der Waals surface area contributed by atoms with Crippen molar-refractivity contribution in [1.29, 1.82) is 0 Å². The molecule has 2 aromatic carbocycles. The Morgan fingerprint density at radius 2 is 1.66 bits per heavy atom. The molecule has 2 aromatic rings. The zero-order valence-corrected chi connectivity index (χ0v) is 20.7. The fourth-order valence-electron chi connectivity index (χ4n) is 4.90. The molecule has 2 amide bonds. The Morgan fingerprint density at radius 3 is 2.11 bits per heavy atom. The van der Waals surface area contributed by atoms with Crippen molar-refractivity contribution in [2.45, 2.75) is 57.7 Å². The van der Waals surface area contributed by atoms with E-state index in [4.69, 9.17) is 5.73 Å². The number of nitrogens with two attached hydrogens (primary N) is 1. The summed E-state index contributed by atoms with van der Waals surface area (Å²) in [7, 11) is 3.80. The van der Waals surface area contributed by atoms with Crippen molar-refractivity contribution in [3.63, 3.8) is 0 Å². The zero-order chi connectivity index (χ0) is 26.0. The summed E-state index contributed by atoms with van der Waals surface area (Å²) >= 11 is 0. The van der Waals surface area contributed by atoms with E-state index >= 15 is 0 Å². The molecular weight excluding hydrogens is 455 g/mol. The summed E-state index contributed by atoms with van der Waals surface area (Å²) in [5, 5.41) is 2.88. The topological polar surface area (TPSA) is 75.4 Å². The Bertz CT molecular complexity index is 1040. The van der Waals surface area contributed by atoms with Crippen molar-refractivity contribution >= 4 is 11.8 Å². The zero-order valence-electron chi connectivity index (χ0n) is 20.7. The van der Waals surface area contributed by atoms with Gasteiger partial charge in [0, 0.05) is 30.5 Å². The maximum Gasteiger partial charge on any atom is 0.395 e. The van der Waals surface area contributed by atoms with Crippen molar-refractivity contribution in [3.05, 3.63) is 70.3 Å². The molecule has 1 fully saturated rings. The predicted octanol–water partition coefficient (Wildman–Crippen LogP) is 4.51. The number of likely N-dealkylation sites (N-methyl/N-ethyl adjacent to an activating group) is 1. The average Bonchev–Trinajstić information content (AvgIpc) is 3.58. The van der Waals surface area contributed by atoms with Crippen LogP contribution >= 0.6 is 0 Å². The van der Waals surface area contributed by atoms with Gasteiger partial charge in [-0.1, -0.05) is 30.3 Å². The molecule has 0 bridgehead atoms. The van der Waals surface area contributed by atoms with Gasteiger partial charge in [0.1, 0.15) is 0 Å². The van der Waals surface area contributed by atoms with Gasteiger partial charge < -0.3 is 16.0 Å². The number of carbonyl (C=O) groups excluding carboxylic acids is 2. The van der Waals surface area contributed by atoms with Gasteiger partial charge in [-0.25, -0.2) is 0 Å². The van der Waals surface area contributed by atoms with Gasteiger partial charge in [-0.3, -0.25) is 9.59 Å². The molecule has 1 aliphatic carbocycles. The van der Waals surface area contributed by atoms with Crippen LogP contribution in [0, 0.1) is 19.3 Å². The molecule has 0 heterocycles. The average molecular weight is 490 g/mol. The quantitative estimate of drug-likeness (QED) is 0.516. The number of halogens is 3. The van der Waals surface area contributed by atoms with E-state index < -0.39 is 29.3 Å². The van der Waals surface area contributed by atoms with Gasteiger partial charge in [-0.15, -0.1) is 0 Å². The number of aryl methyl sites for hydroxylation is 2. The summed E-state index contributed by atoms with van der Waals surface area (Å²) < 4.78 is 41.8. The molecule has 0 radical (unpaired) electrons. The van der Waals surface area contributed by atoms with Gasteiger partial charge in [0.25, 0.3) is 0 Å². The molecule has 0 unspecified atom stereocenters. The minimum atomic E-state index is -4.36. The van der Waals surface area contributed by atoms with E-state index in [9.17, 15) is 22.8 Å². The van der Waals surface area contributed by atoms with Crippen LogP contribution in [-0.4, -0.2) is 49.6 Å². The molecule has 1 saturated carbocycles. The minimum Gasteiger partial charge on any atom is -0.366 e. The number of amides is 2. The summed E-state index contributed by atoms with van der Waals surface area (Å²) in [6.07, 6.45) is -3.87. The molecule has 0 aromatic heterocycles. The van der Waals surface area contributed by atoms with E-state index in [1.807, 2.05) is 32.8 Å². The van der Waals surface area contributed by atoms with Crippen LogP contribution in [0.3, 0.4) is 0 Å². The van der Waals surface area contributed by atoms with Crippen molar-refractivity contribution < 1.29 is 22.8 Å². The summed E-state index contributed by atoms with van der Waals surface area (Å²) in [6, 6.07) is 12.0. The Balaban J connectivity index is 1.72. The third-order valence-corrected chi connectivity index (χ3v) is 7.30. The Hall–Kier alpha value is -2.87. The maximum atomic E-state index is 13.9. The molecule has 3 N–H and O–H groups in total. The van der Waals surface area contributed by atoms with Gasteiger partial charge >= 0.3 is 6.18 Å². The lowest BCUT2D eigenvalue weighted by Gasteiger charge is -2.30. The lowest BCUT2D eigenvalue weighted by atomic mass is 9.80. The number of rotatable bonds is 10. The SMILES string of the molecule is Cc1cc(C(N)=O)cc(C)c1C[C@@H](CNC(=O)C[C@H](c1ccccc1)C1(C(F)(F)F)CC1)N(C)C. The van der Waals surface area contributed by atoms with E-state index in [-0.39, 0.29) is 25.3 Å². The number of nitrogens with zero attached hydrogens (tertiary/aromatic N) is 1. The highest BCUT2D eigenvalue weighted by molar-refractivity contribution is 5.93. The van der Waals surface area contributed by atoms with Gasteiger partial charge in [0.2, 0.25) is 11.8 Å². The number of hydrogen-bond donors (Lipinski definition) is 2. The van der Waals surface area contributed by atoms with Crippen molar-refractivity contribution in [2.75, 3.05) is 20.6 Å². The normalized spacial score (nSPS) is 16.6. The van der Waals surface area contributed by atoms with Crippen LogP contribution in [-0.2, 0) is 11.2 Å². The van der Waals surface area contributed by atoms with Crippen LogP contribution in [0.4, 0.5) is 13.2 Å². The van der Waals surface area contributed by atoms with Crippen molar-refractivity contribution in [2.24, 2.45) is 11.1 Å². The second-order valence-electron chi connectivity index (χ2n) is 9.90. The lowest BCUT2D eigenvalue weighted by molar-refractivity contribution is -0.194. The third kappa shape index (κ3) is 6.04. The van der Waals surface area contributed by atoms with E-state index in [1.165, 1.54) is 0 Å². The molecule has 0 saturated heterocycles. The fourth-order valence-corrected chi connectivity index (χ4v) is 4.90. The Labute approximate surface area is 204 Å². The number of alkyl halides is 3. The van der Waals surface area contributed by atoms with Crippen LogP contribution in [0.15, 0.2) is 42.5 Å². The largest absolute Gasteiger partial charge is 0.395 e. The van der Waals surface area contributed by atoms with Crippen molar-refractivity contribution in [3.8, 4) is 0 Å². The monoisotopic (exact) mass is 489 g/mol. The standard InChI is InChI=1S/C27H34F3N3O2/c1-17-12-20(25(31)35)13-18(2)22(17)14-21(33(3)4)16-32-24(34)15-23(19-8-6-5-7-9-19)26(10-11-26)27(28,29)30/h5-9,12-13,21,23H,10-11,14-16H2,1-4H3,(H2,31,35)(H,32,34)/t21-,23+/m0/s1. The maximum absolute atomic E-state index is 13.9. The number of primary amides is 1. The van der Waals surface area contributed by atoms with Gasteiger partial charge in [-0.2, -0.15) is 13.2 Å². The van der Waals surface area contributed by atoms with E-state index in [1.54, 1.807) is 42.5 Å². The van der Waals surface area contributed by atoms with Crippen molar-refractivity contribution in [1.82, 2.24) is 10.2 Å². The van der Waals surface area contributed by atoms with Crippen LogP contribution in [0.1, 0.15) is 57.8 Å². The predicted molar refractivity (Wildman–Crippen MR) is 130 cm³/mol. The van der Waals surface area contributed by atoms with Crippen LogP contribution in [0.5, 0.6) is 0 Å². The second-order valence-corrected chi connectivity index (χ2v) is 9.90. The first-order valence-corrected chi connectivity index (χ1v) is 11.8. The first-order chi connectivity index (χ1) is 16.4. The van der Waals surface area contributed by atoms with Crippen LogP contribution < -0.4 is 11.1 Å². The van der Waals surface area contributed by atoms with Gasteiger partial charge in [-0.05, 0) is 81.6 Å². The summed E-state index contributed by atoms with van der Waals surface area (Å²) in [4.78, 5) is 26.4. The number of benzene rings is 2. The second kappa shape index (κ2) is 10.4. The highest BCUT2D eigenvalue weighted by atomic mass is 19.4. The Kier molecular flexibility index (Phi) is 7.94. The highest BCUT2D eigenvalue weighted by Crippen LogP contribution is 2.66. The first kappa shape index (κ1) is 26.7. The Morgan fingerprint density at radius 1 is 1.09 bits per heavy atom. The lowest BCUT2D eigenvalue weighted by Crippen LogP contribution is -2.43. The van der Waals surface area contributed by atoms with Crippen LogP contribution in [0.2, 0.25) is 0 Å². The molecular formula is C27H34F3N3O2. The highest BCUT2D eigenvalue weighted by Gasteiger charge is 2.67. The first-order valence-electron chi connectivity index (χ1n) is 11.8. The summed E-state index contributed by atoms with van der Waals surface area (Å²) in [5.41, 5.74) is 7.49. The van der Waals surface area contributed by atoms with Gasteiger partial charge in [0.15, 0.2) is 0 Å². The molecule has 2 atom stereocenters.